The SMILES string of the molecule is CC(=O)CC(C)C(=O)NCC(F)(F)F. The van der Waals surface area contributed by atoms with Gasteiger partial charge in [0.25, 0.3) is 0 Å². The smallest absolute Gasteiger partial charge is 0.347 e. The van der Waals surface area contributed by atoms with Crippen LogP contribution in [0.1, 0.15) is 20.3 Å². The first-order valence-corrected chi connectivity index (χ1v) is 4.06. The fourth-order valence-corrected chi connectivity index (χ4v) is 0.885. The molecule has 0 saturated heterocycles. The number of amides is 1. The summed E-state index contributed by atoms with van der Waals surface area (Å²) in [4.78, 5) is 21.5. The zero-order valence-electron chi connectivity index (χ0n) is 7.94. The molecule has 0 bridgehead atoms. The maximum Gasteiger partial charge on any atom is 0.405 e. The van der Waals surface area contributed by atoms with Gasteiger partial charge in [0.05, 0.1) is 0 Å². The summed E-state index contributed by atoms with van der Waals surface area (Å²) in [5.41, 5.74) is 0. The van der Waals surface area contributed by atoms with Crippen molar-refractivity contribution in [3.8, 4) is 0 Å². The molecule has 0 rings (SSSR count). The van der Waals surface area contributed by atoms with Crippen LogP contribution >= 0.6 is 0 Å². The van der Waals surface area contributed by atoms with Gasteiger partial charge in [0.15, 0.2) is 0 Å². The van der Waals surface area contributed by atoms with Gasteiger partial charge in [0.2, 0.25) is 5.91 Å². The zero-order valence-corrected chi connectivity index (χ0v) is 7.94. The van der Waals surface area contributed by atoms with Crippen molar-refractivity contribution in [3.05, 3.63) is 0 Å². The number of Topliss-reactive ketones (excluding diaryl/α,β-unsaturated/α-hetero) is 1. The second-order valence-corrected chi connectivity index (χ2v) is 3.14. The average molecular weight is 211 g/mol. The van der Waals surface area contributed by atoms with Crippen molar-refractivity contribution < 1.29 is 22.8 Å². The normalized spacial score (nSPS) is 13.5. The Labute approximate surface area is 79.7 Å². The average Bonchev–Trinajstić information content (AvgIpc) is 1.97. The Morgan fingerprint density at radius 3 is 2.21 bits per heavy atom. The van der Waals surface area contributed by atoms with Crippen molar-refractivity contribution in [2.45, 2.75) is 26.4 Å². The van der Waals surface area contributed by atoms with Gasteiger partial charge < -0.3 is 10.1 Å². The van der Waals surface area contributed by atoms with Crippen molar-refractivity contribution in [1.29, 1.82) is 0 Å². The number of alkyl halides is 3. The first kappa shape index (κ1) is 12.9. The van der Waals surface area contributed by atoms with Gasteiger partial charge in [-0.25, -0.2) is 0 Å². The van der Waals surface area contributed by atoms with Crippen LogP contribution in [0.2, 0.25) is 0 Å². The molecule has 1 atom stereocenters. The highest BCUT2D eigenvalue weighted by Gasteiger charge is 2.28. The topological polar surface area (TPSA) is 46.2 Å². The molecule has 1 N–H and O–H groups in total. The van der Waals surface area contributed by atoms with Crippen molar-refractivity contribution in [2.24, 2.45) is 5.92 Å². The second-order valence-electron chi connectivity index (χ2n) is 3.14. The van der Waals surface area contributed by atoms with E-state index < -0.39 is 24.5 Å². The predicted molar refractivity (Wildman–Crippen MR) is 43.5 cm³/mol. The molecule has 3 nitrogen and oxygen atoms in total. The Morgan fingerprint density at radius 2 is 1.86 bits per heavy atom. The molecule has 0 spiro atoms. The molecule has 6 heteroatoms. The maximum absolute atomic E-state index is 11.7. The molecular weight excluding hydrogens is 199 g/mol. The molecular formula is C8H12F3NO2. The van der Waals surface area contributed by atoms with Crippen molar-refractivity contribution in [1.82, 2.24) is 5.32 Å². The molecule has 14 heavy (non-hydrogen) atoms. The minimum atomic E-state index is -4.41. The first-order valence-electron chi connectivity index (χ1n) is 4.06. The molecule has 0 radical (unpaired) electrons. The third-order valence-electron chi connectivity index (χ3n) is 1.50. The lowest BCUT2D eigenvalue weighted by Gasteiger charge is -2.12. The fourth-order valence-electron chi connectivity index (χ4n) is 0.885. The van der Waals surface area contributed by atoms with Crippen LogP contribution in [0.3, 0.4) is 0 Å². The summed E-state index contributed by atoms with van der Waals surface area (Å²) in [6.07, 6.45) is -4.45. The van der Waals surface area contributed by atoms with E-state index in [-0.39, 0.29) is 12.2 Å². The number of ketones is 1. The predicted octanol–water partition coefficient (Wildman–Crippen LogP) is 1.28. The van der Waals surface area contributed by atoms with E-state index in [9.17, 15) is 22.8 Å². The Balaban J connectivity index is 3.91. The van der Waals surface area contributed by atoms with Crippen molar-refractivity contribution in [3.63, 3.8) is 0 Å². The number of halogens is 3. The highest BCUT2D eigenvalue weighted by molar-refractivity contribution is 5.85. The van der Waals surface area contributed by atoms with E-state index in [1.165, 1.54) is 13.8 Å². The summed E-state index contributed by atoms with van der Waals surface area (Å²) in [6, 6.07) is 0. The van der Waals surface area contributed by atoms with Crippen LogP contribution in [0.25, 0.3) is 0 Å². The number of carbonyl (C=O) groups excluding carboxylic acids is 2. The summed E-state index contributed by atoms with van der Waals surface area (Å²) in [5, 5.41) is 1.71. The van der Waals surface area contributed by atoms with E-state index in [4.69, 9.17) is 0 Å². The maximum atomic E-state index is 11.7. The standard InChI is InChI=1S/C8H12F3NO2/c1-5(3-6(2)13)7(14)12-4-8(9,10)11/h5H,3-4H2,1-2H3,(H,12,14). The third-order valence-corrected chi connectivity index (χ3v) is 1.50. The van der Waals surface area contributed by atoms with Crippen LogP contribution in [0.5, 0.6) is 0 Å². The molecule has 0 aliphatic carbocycles. The second kappa shape index (κ2) is 4.97. The van der Waals surface area contributed by atoms with Crippen LogP contribution in [0, 0.1) is 5.92 Å². The van der Waals surface area contributed by atoms with Gasteiger partial charge in [0, 0.05) is 12.3 Å². The molecule has 0 fully saturated rings. The number of hydrogen-bond acceptors (Lipinski definition) is 2. The minimum absolute atomic E-state index is 0.0380. The van der Waals surface area contributed by atoms with E-state index >= 15 is 0 Å². The lowest BCUT2D eigenvalue weighted by Crippen LogP contribution is -2.37. The third kappa shape index (κ3) is 6.45. The Hall–Kier alpha value is -1.07. The van der Waals surface area contributed by atoms with Gasteiger partial charge in [-0.1, -0.05) is 6.92 Å². The van der Waals surface area contributed by atoms with Gasteiger partial charge in [-0.3, -0.25) is 4.79 Å². The summed E-state index contributed by atoms with van der Waals surface area (Å²) >= 11 is 0. The van der Waals surface area contributed by atoms with E-state index in [0.29, 0.717) is 0 Å². The number of hydrogen-bond donors (Lipinski definition) is 1. The highest BCUT2D eigenvalue weighted by Crippen LogP contribution is 2.13. The van der Waals surface area contributed by atoms with E-state index in [0.717, 1.165) is 0 Å². The van der Waals surface area contributed by atoms with E-state index in [1.807, 2.05) is 0 Å². The van der Waals surface area contributed by atoms with Gasteiger partial charge in [-0.2, -0.15) is 13.2 Å². The summed E-state index contributed by atoms with van der Waals surface area (Å²) in [6.45, 7) is 1.34. The monoisotopic (exact) mass is 211 g/mol. The largest absolute Gasteiger partial charge is 0.405 e. The van der Waals surface area contributed by atoms with Crippen molar-refractivity contribution >= 4 is 11.7 Å². The quantitative estimate of drug-likeness (QED) is 0.761. The van der Waals surface area contributed by atoms with Crippen LogP contribution in [0.4, 0.5) is 13.2 Å². The lowest BCUT2D eigenvalue weighted by molar-refractivity contribution is -0.141. The van der Waals surface area contributed by atoms with Gasteiger partial charge >= 0.3 is 6.18 Å². The highest BCUT2D eigenvalue weighted by atomic mass is 19.4. The molecule has 0 aliphatic rings. The molecule has 82 valence electrons. The summed E-state index contributed by atoms with van der Waals surface area (Å²) in [5.74, 6) is -1.69. The molecule has 0 aromatic rings. The molecule has 0 aromatic carbocycles. The zero-order chi connectivity index (χ0) is 11.4. The van der Waals surface area contributed by atoms with Crippen LogP contribution < -0.4 is 5.32 Å². The molecule has 0 heterocycles. The van der Waals surface area contributed by atoms with E-state index in [1.54, 1.807) is 5.32 Å². The molecule has 1 unspecified atom stereocenters. The number of carbonyl (C=O) groups is 2. The number of nitrogens with one attached hydrogen (secondary N) is 1. The number of rotatable bonds is 4. The van der Waals surface area contributed by atoms with Gasteiger partial charge in [-0.15, -0.1) is 0 Å². The van der Waals surface area contributed by atoms with Gasteiger partial charge in [-0.05, 0) is 6.92 Å². The Kier molecular flexibility index (Phi) is 4.59. The molecule has 1 amide bonds. The molecule has 0 saturated carbocycles. The Bertz CT molecular complexity index is 225. The molecule has 0 aliphatic heterocycles. The lowest BCUT2D eigenvalue weighted by atomic mass is 10.1. The van der Waals surface area contributed by atoms with Gasteiger partial charge in [0.1, 0.15) is 12.3 Å². The molecule has 0 aromatic heterocycles. The van der Waals surface area contributed by atoms with Crippen molar-refractivity contribution in [2.75, 3.05) is 6.54 Å². The Morgan fingerprint density at radius 1 is 1.36 bits per heavy atom. The van der Waals surface area contributed by atoms with Crippen LogP contribution in [0.15, 0.2) is 0 Å². The summed E-state index contributed by atoms with van der Waals surface area (Å²) < 4.78 is 35.0. The van der Waals surface area contributed by atoms with E-state index in [2.05, 4.69) is 0 Å². The van der Waals surface area contributed by atoms with Crippen LogP contribution in [-0.4, -0.2) is 24.4 Å². The summed E-state index contributed by atoms with van der Waals surface area (Å²) in [7, 11) is 0. The fraction of sp³-hybridized carbons (Fsp3) is 0.750. The van der Waals surface area contributed by atoms with Crippen LogP contribution in [-0.2, 0) is 9.59 Å². The minimum Gasteiger partial charge on any atom is -0.347 e. The first-order chi connectivity index (χ1) is 6.22.